The van der Waals surface area contributed by atoms with Gasteiger partial charge in [-0.3, -0.25) is 0 Å². The predicted molar refractivity (Wildman–Crippen MR) is 176 cm³/mol. The normalized spacial score (nSPS) is 22.4. The molecule has 1 nitrogen and oxygen atoms in total. The first-order chi connectivity index (χ1) is 21.5. The quantitative estimate of drug-likeness (QED) is 0.148. The molecule has 0 heterocycles. The average molecular weight is 603 g/mol. The zero-order valence-electron chi connectivity index (χ0n) is 26.6. The lowest BCUT2D eigenvalue weighted by molar-refractivity contribution is 0.171. The van der Waals surface area contributed by atoms with Crippen molar-refractivity contribution >= 4 is 0 Å². The Hall–Kier alpha value is -3.01. The van der Waals surface area contributed by atoms with Crippen LogP contribution in [0.2, 0.25) is 0 Å². The van der Waals surface area contributed by atoms with Gasteiger partial charge in [-0.2, -0.15) is 4.39 Å². The van der Waals surface area contributed by atoms with Gasteiger partial charge in [0.15, 0.2) is 11.6 Å². The Balaban J connectivity index is 1.17. The molecule has 0 amide bonds. The lowest BCUT2D eigenvalue weighted by Crippen LogP contribution is -2.25. The van der Waals surface area contributed by atoms with Gasteiger partial charge in [-0.05, 0) is 129 Å². The summed E-state index contributed by atoms with van der Waals surface area (Å²) in [6.45, 7) is 4.65. The highest BCUT2D eigenvalue weighted by atomic mass is 19.2. The van der Waals surface area contributed by atoms with Crippen molar-refractivity contribution in [1.82, 2.24) is 0 Å². The van der Waals surface area contributed by atoms with E-state index >= 15 is 4.39 Å². The van der Waals surface area contributed by atoms with Crippen molar-refractivity contribution < 1.29 is 17.9 Å². The average Bonchev–Trinajstić information content (AvgIpc) is 3.05. The third kappa shape index (κ3) is 7.98. The molecule has 0 radical (unpaired) electrons. The van der Waals surface area contributed by atoms with Crippen molar-refractivity contribution in [2.75, 3.05) is 6.61 Å². The summed E-state index contributed by atoms with van der Waals surface area (Å²) in [7, 11) is 0. The van der Waals surface area contributed by atoms with E-state index in [1.54, 1.807) is 24.3 Å². The SMILES string of the molecule is CC=CC1CCC(C2CCC(c3ccc(-c4ccc(-c5ccc(OCCCCCCC)c(F)c5F)cc4)cc3F)CC2)CC1. The predicted octanol–water partition coefficient (Wildman–Crippen LogP) is 12.4. The molecule has 0 aromatic heterocycles. The summed E-state index contributed by atoms with van der Waals surface area (Å²) < 4.78 is 50.7. The van der Waals surface area contributed by atoms with E-state index in [1.807, 2.05) is 24.3 Å². The molecule has 4 heteroatoms. The molecule has 236 valence electrons. The Bertz CT molecular complexity index is 1360. The van der Waals surface area contributed by atoms with Crippen molar-refractivity contribution in [2.45, 2.75) is 103 Å². The number of allylic oxidation sites excluding steroid dienone is 2. The molecule has 2 aliphatic carbocycles. The van der Waals surface area contributed by atoms with Crippen LogP contribution in [0.1, 0.15) is 109 Å². The van der Waals surface area contributed by atoms with Gasteiger partial charge >= 0.3 is 0 Å². The summed E-state index contributed by atoms with van der Waals surface area (Å²) in [6.07, 6.45) is 19.7. The molecular weight excluding hydrogens is 553 g/mol. The summed E-state index contributed by atoms with van der Waals surface area (Å²) in [5, 5.41) is 0. The summed E-state index contributed by atoms with van der Waals surface area (Å²) in [6, 6.07) is 15.9. The van der Waals surface area contributed by atoms with Crippen LogP contribution >= 0.6 is 0 Å². The molecule has 0 saturated heterocycles. The first-order valence-electron chi connectivity index (χ1n) is 17.1. The molecule has 0 spiro atoms. The summed E-state index contributed by atoms with van der Waals surface area (Å²) in [4.78, 5) is 0. The van der Waals surface area contributed by atoms with Gasteiger partial charge in [0.25, 0.3) is 0 Å². The zero-order valence-corrected chi connectivity index (χ0v) is 26.6. The van der Waals surface area contributed by atoms with Crippen LogP contribution in [0.5, 0.6) is 5.75 Å². The molecule has 0 unspecified atom stereocenters. The molecule has 2 aliphatic rings. The van der Waals surface area contributed by atoms with Crippen molar-refractivity contribution in [3.8, 4) is 28.0 Å². The largest absolute Gasteiger partial charge is 0.490 e. The minimum absolute atomic E-state index is 0.0467. The van der Waals surface area contributed by atoms with Gasteiger partial charge in [0.05, 0.1) is 6.61 Å². The molecule has 0 bridgehead atoms. The lowest BCUT2D eigenvalue weighted by atomic mass is 9.68. The van der Waals surface area contributed by atoms with Crippen LogP contribution in [-0.2, 0) is 0 Å². The third-order valence-corrected chi connectivity index (χ3v) is 10.2. The Labute approximate surface area is 262 Å². The molecule has 44 heavy (non-hydrogen) atoms. The van der Waals surface area contributed by atoms with Crippen molar-refractivity contribution in [2.24, 2.45) is 17.8 Å². The number of unbranched alkanes of at least 4 members (excludes halogenated alkanes) is 4. The maximum absolute atomic E-state index is 15.4. The molecule has 2 saturated carbocycles. The second-order valence-electron chi connectivity index (χ2n) is 13.1. The highest BCUT2D eigenvalue weighted by Crippen LogP contribution is 2.45. The monoisotopic (exact) mass is 602 g/mol. The van der Waals surface area contributed by atoms with Crippen molar-refractivity contribution in [3.63, 3.8) is 0 Å². The van der Waals surface area contributed by atoms with Gasteiger partial charge in [0.2, 0.25) is 5.82 Å². The Morgan fingerprint density at radius 3 is 1.98 bits per heavy atom. The Morgan fingerprint density at radius 1 is 0.682 bits per heavy atom. The van der Waals surface area contributed by atoms with Gasteiger partial charge in [-0.15, -0.1) is 0 Å². The molecule has 0 N–H and O–H groups in total. The Kier molecular flexibility index (Phi) is 11.6. The number of ether oxygens (including phenoxy) is 1. The second-order valence-corrected chi connectivity index (χ2v) is 13.1. The van der Waals surface area contributed by atoms with Gasteiger partial charge in [0.1, 0.15) is 5.82 Å². The number of rotatable bonds is 12. The summed E-state index contributed by atoms with van der Waals surface area (Å²) >= 11 is 0. The van der Waals surface area contributed by atoms with Crippen molar-refractivity contribution in [1.29, 1.82) is 0 Å². The molecular formula is C40H49F3O. The molecule has 0 atom stereocenters. The first-order valence-corrected chi connectivity index (χ1v) is 17.1. The highest BCUT2D eigenvalue weighted by molar-refractivity contribution is 5.71. The zero-order chi connectivity index (χ0) is 30.9. The van der Waals surface area contributed by atoms with Gasteiger partial charge in [-0.1, -0.05) is 81.2 Å². The van der Waals surface area contributed by atoms with Crippen LogP contribution in [0.4, 0.5) is 13.2 Å². The van der Waals surface area contributed by atoms with Gasteiger partial charge in [-0.25, -0.2) is 8.78 Å². The smallest absolute Gasteiger partial charge is 0.201 e. The van der Waals surface area contributed by atoms with E-state index in [1.165, 1.54) is 51.0 Å². The van der Waals surface area contributed by atoms with Crippen LogP contribution in [0.25, 0.3) is 22.3 Å². The number of hydrogen-bond donors (Lipinski definition) is 0. The minimum Gasteiger partial charge on any atom is -0.490 e. The molecule has 3 aromatic carbocycles. The molecule has 3 aromatic rings. The maximum atomic E-state index is 15.4. The van der Waals surface area contributed by atoms with E-state index < -0.39 is 11.6 Å². The van der Waals surface area contributed by atoms with E-state index in [2.05, 4.69) is 26.0 Å². The van der Waals surface area contributed by atoms with E-state index in [-0.39, 0.29) is 23.0 Å². The third-order valence-electron chi connectivity index (χ3n) is 10.2. The van der Waals surface area contributed by atoms with Crippen LogP contribution in [0, 0.1) is 35.2 Å². The van der Waals surface area contributed by atoms with Crippen LogP contribution in [-0.4, -0.2) is 6.61 Å². The van der Waals surface area contributed by atoms with E-state index in [0.29, 0.717) is 12.2 Å². The fraction of sp³-hybridized carbons (Fsp3) is 0.500. The van der Waals surface area contributed by atoms with E-state index in [9.17, 15) is 8.78 Å². The number of halogens is 3. The fourth-order valence-electron chi connectivity index (χ4n) is 7.62. The number of benzene rings is 3. The topological polar surface area (TPSA) is 9.23 Å². The number of hydrogen-bond acceptors (Lipinski definition) is 1. The van der Waals surface area contributed by atoms with Crippen LogP contribution in [0.15, 0.2) is 66.7 Å². The van der Waals surface area contributed by atoms with Gasteiger partial charge < -0.3 is 4.74 Å². The summed E-state index contributed by atoms with van der Waals surface area (Å²) in [5.41, 5.74) is 3.23. The Morgan fingerprint density at radius 2 is 1.32 bits per heavy atom. The lowest BCUT2D eigenvalue weighted by Gasteiger charge is -2.37. The molecule has 0 aliphatic heterocycles. The minimum atomic E-state index is -0.955. The van der Waals surface area contributed by atoms with E-state index in [0.717, 1.165) is 73.0 Å². The van der Waals surface area contributed by atoms with Crippen LogP contribution < -0.4 is 4.74 Å². The highest BCUT2D eigenvalue weighted by Gasteiger charge is 2.31. The van der Waals surface area contributed by atoms with Crippen molar-refractivity contribution in [3.05, 3.63) is 89.8 Å². The first kappa shape index (κ1) is 32.4. The molecule has 5 rings (SSSR count). The second kappa shape index (κ2) is 15.8. The van der Waals surface area contributed by atoms with Gasteiger partial charge in [0, 0.05) is 5.56 Å². The maximum Gasteiger partial charge on any atom is 0.201 e. The van der Waals surface area contributed by atoms with E-state index in [4.69, 9.17) is 4.74 Å². The summed E-state index contributed by atoms with van der Waals surface area (Å²) in [5.74, 6) is 0.631. The van der Waals surface area contributed by atoms with Crippen LogP contribution in [0.3, 0.4) is 0 Å². The fourth-order valence-corrected chi connectivity index (χ4v) is 7.62. The molecule has 2 fully saturated rings. The standard InChI is InChI=1S/C40H49F3O/c1-3-5-6-7-8-26-44-38-25-24-36(39(42)40(38)43)33-20-16-31(17-21-33)34-22-23-35(37(41)27-34)32-18-14-30(15-19-32)29-12-10-28(9-4-2)11-13-29/h4,9,16-17,20-25,27-30,32H,3,5-8,10-15,18-19,26H2,1-2H3.